The molecule has 0 aliphatic heterocycles. The van der Waals surface area contributed by atoms with E-state index in [1.54, 1.807) is 11.0 Å². The average molecular weight is 271 g/mol. The zero-order valence-electron chi connectivity index (χ0n) is 10.9. The third-order valence-electron chi connectivity index (χ3n) is 2.95. The molecule has 1 aromatic rings. The van der Waals surface area contributed by atoms with Crippen molar-refractivity contribution >= 4 is 23.3 Å². The molecular weight excluding hydrogens is 252 g/mol. The Morgan fingerprint density at radius 2 is 2.28 bits per heavy atom. The fraction of sp³-hybridized carbons (Fsp3) is 0.500. The number of hydrazine groups is 1. The zero-order valence-corrected chi connectivity index (χ0v) is 11.7. The predicted molar refractivity (Wildman–Crippen MR) is 73.5 cm³/mol. The van der Waals surface area contributed by atoms with Crippen LogP contribution in [0.25, 0.3) is 0 Å². The summed E-state index contributed by atoms with van der Waals surface area (Å²) in [4.78, 5) is 18.1. The third-order valence-corrected chi connectivity index (χ3v) is 3.24. The lowest BCUT2D eigenvalue weighted by molar-refractivity contribution is 0.0699. The monoisotopic (exact) mass is 270 g/mol. The number of nitrogen functional groups attached to an aromatic ring is 1. The normalized spacial score (nSPS) is 12.1. The van der Waals surface area contributed by atoms with Gasteiger partial charge in [0.05, 0.1) is 10.6 Å². The van der Waals surface area contributed by atoms with Crippen molar-refractivity contribution in [1.29, 1.82) is 0 Å². The topological polar surface area (TPSA) is 71.2 Å². The number of carbonyl (C=O) groups is 1. The molecule has 1 rings (SSSR count). The van der Waals surface area contributed by atoms with Crippen LogP contribution in [0.5, 0.6) is 0 Å². The molecular formula is C12H19ClN4O. The van der Waals surface area contributed by atoms with Gasteiger partial charge in [0.1, 0.15) is 0 Å². The minimum atomic E-state index is -0.0650. The zero-order chi connectivity index (χ0) is 13.7. The maximum Gasteiger partial charge on any atom is 0.255 e. The van der Waals surface area contributed by atoms with E-state index < -0.39 is 0 Å². The van der Waals surface area contributed by atoms with Crippen LogP contribution >= 0.6 is 11.6 Å². The molecule has 0 saturated carbocycles. The van der Waals surface area contributed by atoms with Crippen molar-refractivity contribution in [3.8, 4) is 0 Å². The first-order valence-corrected chi connectivity index (χ1v) is 6.36. The number of hydrogen-bond acceptors (Lipinski definition) is 4. The number of pyridine rings is 1. The second kappa shape index (κ2) is 6.56. The Kier molecular flexibility index (Phi) is 5.37. The van der Waals surface area contributed by atoms with Gasteiger partial charge in [0, 0.05) is 18.8 Å². The van der Waals surface area contributed by atoms with E-state index >= 15 is 0 Å². The number of nitrogens with zero attached hydrogens (tertiary/aromatic N) is 2. The molecule has 0 aromatic carbocycles. The van der Waals surface area contributed by atoms with Crippen LogP contribution in [0.3, 0.4) is 0 Å². The van der Waals surface area contributed by atoms with Crippen molar-refractivity contribution < 1.29 is 4.79 Å². The molecule has 0 bridgehead atoms. The largest absolute Gasteiger partial charge is 0.336 e. The van der Waals surface area contributed by atoms with E-state index in [0.29, 0.717) is 22.9 Å². The van der Waals surface area contributed by atoms with Gasteiger partial charge in [-0.25, -0.2) is 10.8 Å². The number of anilines is 1. The van der Waals surface area contributed by atoms with Crippen LogP contribution in [-0.2, 0) is 0 Å². The van der Waals surface area contributed by atoms with E-state index in [9.17, 15) is 4.79 Å². The number of aromatic nitrogens is 1. The van der Waals surface area contributed by atoms with E-state index in [1.165, 1.54) is 6.20 Å². The van der Waals surface area contributed by atoms with Gasteiger partial charge in [0.25, 0.3) is 5.91 Å². The number of carbonyl (C=O) groups excluding carboxylic acids is 1. The molecule has 1 amide bonds. The number of nitrogens with one attached hydrogen (secondary N) is 1. The highest BCUT2D eigenvalue weighted by Crippen LogP contribution is 2.20. The second-order valence-electron chi connectivity index (χ2n) is 4.05. The fourth-order valence-electron chi connectivity index (χ4n) is 1.70. The lowest BCUT2D eigenvalue weighted by Gasteiger charge is -2.27. The summed E-state index contributed by atoms with van der Waals surface area (Å²) in [6.45, 7) is 6.68. The highest BCUT2D eigenvalue weighted by molar-refractivity contribution is 6.33. The third kappa shape index (κ3) is 3.11. The van der Waals surface area contributed by atoms with Crippen molar-refractivity contribution in [2.45, 2.75) is 33.2 Å². The van der Waals surface area contributed by atoms with Gasteiger partial charge in [0.2, 0.25) is 0 Å². The van der Waals surface area contributed by atoms with Gasteiger partial charge in [-0.3, -0.25) is 4.79 Å². The standard InChI is InChI=1S/C12H19ClN4O/c1-4-8(3)17(5-2)12(18)9-6-10(13)11(16-14)15-7-9/h6-8H,4-5,14H2,1-3H3,(H,15,16). The molecule has 1 aromatic heterocycles. The molecule has 0 aliphatic carbocycles. The Labute approximate surface area is 112 Å². The van der Waals surface area contributed by atoms with E-state index in [2.05, 4.69) is 10.4 Å². The molecule has 0 saturated heterocycles. The molecule has 100 valence electrons. The molecule has 1 unspecified atom stereocenters. The van der Waals surface area contributed by atoms with Crippen LogP contribution in [0.1, 0.15) is 37.6 Å². The number of nitrogens with two attached hydrogens (primary N) is 1. The summed E-state index contributed by atoms with van der Waals surface area (Å²) in [5, 5.41) is 0.337. The van der Waals surface area contributed by atoms with Crippen molar-refractivity contribution in [3.63, 3.8) is 0 Å². The maximum atomic E-state index is 12.3. The highest BCUT2D eigenvalue weighted by Gasteiger charge is 2.19. The summed E-state index contributed by atoms with van der Waals surface area (Å²) in [6.07, 6.45) is 2.39. The van der Waals surface area contributed by atoms with Crippen LogP contribution in [-0.4, -0.2) is 28.4 Å². The summed E-state index contributed by atoms with van der Waals surface area (Å²) in [7, 11) is 0. The molecule has 1 atom stereocenters. The van der Waals surface area contributed by atoms with Crippen LogP contribution in [0.2, 0.25) is 5.02 Å². The summed E-state index contributed by atoms with van der Waals surface area (Å²) in [5.41, 5.74) is 2.84. The summed E-state index contributed by atoms with van der Waals surface area (Å²) in [5.74, 6) is 5.54. The maximum absolute atomic E-state index is 12.3. The molecule has 0 spiro atoms. The number of rotatable bonds is 5. The van der Waals surface area contributed by atoms with Crippen molar-refractivity contribution in [2.24, 2.45) is 5.84 Å². The first kappa shape index (κ1) is 14.7. The van der Waals surface area contributed by atoms with Gasteiger partial charge >= 0.3 is 0 Å². The molecule has 0 radical (unpaired) electrons. The summed E-state index contributed by atoms with van der Waals surface area (Å²) < 4.78 is 0. The van der Waals surface area contributed by atoms with Gasteiger partial charge < -0.3 is 10.3 Å². The van der Waals surface area contributed by atoms with Crippen molar-refractivity contribution in [1.82, 2.24) is 9.88 Å². The van der Waals surface area contributed by atoms with Crippen LogP contribution in [0.4, 0.5) is 5.82 Å². The van der Waals surface area contributed by atoms with Crippen molar-refractivity contribution in [3.05, 3.63) is 22.8 Å². The molecule has 3 N–H and O–H groups in total. The van der Waals surface area contributed by atoms with Gasteiger partial charge in [-0.15, -0.1) is 0 Å². The molecule has 6 heteroatoms. The lowest BCUT2D eigenvalue weighted by Crippen LogP contribution is -2.38. The average Bonchev–Trinajstić information content (AvgIpc) is 2.38. The minimum Gasteiger partial charge on any atom is -0.336 e. The Hall–Kier alpha value is -1.33. The van der Waals surface area contributed by atoms with Gasteiger partial charge in [0.15, 0.2) is 5.82 Å². The van der Waals surface area contributed by atoms with E-state index in [0.717, 1.165) is 6.42 Å². The van der Waals surface area contributed by atoms with E-state index in [4.69, 9.17) is 17.4 Å². The van der Waals surface area contributed by atoms with Gasteiger partial charge in [-0.1, -0.05) is 18.5 Å². The van der Waals surface area contributed by atoms with Crippen molar-refractivity contribution in [2.75, 3.05) is 12.0 Å². The van der Waals surface area contributed by atoms with E-state index in [1.807, 2.05) is 20.8 Å². The Balaban J connectivity index is 2.99. The van der Waals surface area contributed by atoms with Gasteiger partial charge in [-0.2, -0.15) is 0 Å². The highest BCUT2D eigenvalue weighted by atomic mass is 35.5. The number of hydrogen-bond donors (Lipinski definition) is 2. The predicted octanol–water partition coefficient (Wildman–Crippen LogP) is 2.28. The van der Waals surface area contributed by atoms with Gasteiger partial charge in [-0.05, 0) is 26.3 Å². The van der Waals surface area contributed by atoms with Crippen LogP contribution < -0.4 is 11.3 Å². The fourth-order valence-corrected chi connectivity index (χ4v) is 1.92. The molecule has 18 heavy (non-hydrogen) atoms. The first-order chi connectivity index (χ1) is 8.54. The SMILES string of the molecule is CCC(C)N(CC)C(=O)c1cnc(NN)c(Cl)c1. The molecule has 0 fully saturated rings. The number of amides is 1. The molecule has 1 heterocycles. The lowest BCUT2D eigenvalue weighted by atomic mass is 10.1. The smallest absolute Gasteiger partial charge is 0.255 e. The van der Waals surface area contributed by atoms with Crippen LogP contribution in [0, 0.1) is 0 Å². The summed E-state index contributed by atoms with van der Waals surface area (Å²) in [6, 6.07) is 1.77. The number of halogens is 1. The molecule has 5 nitrogen and oxygen atoms in total. The molecule has 0 aliphatic rings. The first-order valence-electron chi connectivity index (χ1n) is 5.98. The Bertz CT molecular complexity index is 425. The Morgan fingerprint density at radius 1 is 1.61 bits per heavy atom. The second-order valence-corrected chi connectivity index (χ2v) is 4.45. The van der Waals surface area contributed by atoms with E-state index in [-0.39, 0.29) is 11.9 Å². The minimum absolute atomic E-state index is 0.0650. The van der Waals surface area contributed by atoms with Crippen LogP contribution in [0.15, 0.2) is 12.3 Å². The quantitative estimate of drug-likeness (QED) is 0.636. The summed E-state index contributed by atoms with van der Waals surface area (Å²) >= 11 is 5.96. The Morgan fingerprint density at radius 3 is 2.72 bits per heavy atom.